The van der Waals surface area contributed by atoms with E-state index in [-0.39, 0.29) is 11.6 Å². The molecule has 3 rings (SSSR count). The fraction of sp³-hybridized carbons (Fsp3) is 0.682. The Labute approximate surface area is 307 Å². The first-order valence-electron chi connectivity index (χ1n) is 20.6. The molecule has 0 saturated heterocycles. The third kappa shape index (κ3) is 14.1. The van der Waals surface area contributed by atoms with Crippen LogP contribution in [0.1, 0.15) is 161 Å². The molecule has 280 valence electrons. The molecular weight excluding hydrogens is 617 g/mol. The number of carbonyl (C=O) groups is 2. The minimum Gasteiger partial charge on any atom is -0.384 e. The zero-order valence-corrected chi connectivity index (χ0v) is 33.1. The molecule has 0 heterocycles. The standard InChI is InChI=1S/C44H72N4O2/c1-7-9-11-13-15-17-19-23-33-47(3,4)35-25-31-45-39-29-30-40(42-41(39)43(49)37-27-21-22-28-38(37)44(42)50)46-32-26-36-48(5,6)34-24-20-18-16-14-12-10-8-2/h21-22,27-30H,7-20,23-26,31-36H2,1-6H3/p+2. The predicted octanol–water partition coefficient (Wildman–Crippen LogP) is 10.5. The van der Waals surface area contributed by atoms with E-state index in [2.05, 4.69) is 52.7 Å². The van der Waals surface area contributed by atoms with Gasteiger partial charge in [-0.1, -0.05) is 115 Å². The van der Waals surface area contributed by atoms with E-state index in [0.717, 1.165) is 59.4 Å². The van der Waals surface area contributed by atoms with Crippen molar-refractivity contribution >= 4 is 22.9 Å². The maximum absolute atomic E-state index is 13.9. The highest BCUT2D eigenvalue weighted by Gasteiger charge is 2.34. The van der Waals surface area contributed by atoms with Gasteiger partial charge in [0.1, 0.15) is 0 Å². The molecule has 2 aromatic carbocycles. The highest BCUT2D eigenvalue weighted by Crippen LogP contribution is 2.36. The number of ketones is 2. The van der Waals surface area contributed by atoms with Gasteiger partial charge in [0.2, 0.25) is 0 Å². The minimum atomic E-state index is -0.0599. The van der Waals surface area contributed by atoms with E-state index in [9.17, 15) is 9.59 Å². The first-order valence-corrected chi connectivity index (χ1v) is 20.6. The topological polar surface area (TPSA) is 58.2 Å². The molecule has 50 heavy (non-hydrogen) atoms. The van der Waals surface area contributed by atoms with Gasteiger partial charge in [0, 0.05) is 48.4 Å². The number of hydrogen-bond acceptors (Lipinski definition) is 4. The average Bonchev–Trinajstić information content (AvgIpc) is 3.10. The Kier molecular flexibility index (Phi) is 18.6. The van der Waals surface area contributed by atoms with E-state index in [4.69, 9.17) is 0 Å². The zero-order valence-electron chi connectivity index (χ0n) is 33.1. The molecule has 0 spiro atoms. The Morgan fingerprint density at radius 1 is 0.440 bits per heavy atom. The fourth-order valence-electron chi connectivity index (χ4n) is 7.55. The molecule has 0 radical (unpaired) electrons. The third-order valence-electron chi connectivity index (χ3n) is 10.8. The molecule has 0 aromatic heterocycles. The van der Waals surface area contributed by atoms with Crippen LogP contribution in [0.5, 0.6) is 0 Å². The van der Waals surface area contributed by atoms with Crippen LogP contribution in [-0.2, 0) is 0 Å². The molecule has 0 bridgehead atoms. The lowest BCUT2D eigenvalue weighted by atomic mass is 9.82. The lowest BCUT2D eigenvalue weighted by molar-refractivity contribution is -0.890. The summed E-state index contributed by atoms with van der Waals surface area (Å²) in [7, 11) is 9.33. The lowest BCUT2D eigenvalue weighted by Gasteiger charge is -2.30. The molecule has 0 unspecified atom stereocenters. The van der Waals surface area contributed by atoms with Gasteiger partial charge < -0.3 is 19.6 Å². The maximum atomic E-state index is 13.9. The smallest absolute Gasteiger partial charge is 0.196 e. The summed E-state index contributed by atoms with van der Waals surface area (Å²) in [5.74, 6) is -0.120. The monoisotopic (exact) mass is 691 g/mol. The molecule has 6 heteroatoms. The molecule has 6 nitrogen and oxygen atoms in total. The van der Waals surface area contributed by atoms with E-state index >= 15 is 0 Å². The largest absolute Gasteiger partial charge is 0.384 e. The Bertz CT molecular complexity index is 1200. The molecule has 0 saturated carbocycles. The number of benzene rings is 2. The summed E-state index contributed by atoms with van der Waals surface area (Å²) in [6.45, 7) is 10.6. The second kappa shape index (κ2) is 22.3. The summed E-state index contributed by atoms with van der Waals surface area (Å²) in [6.07, 6.45) is 23.6. The highest BCUT2D eigenvalue weighted by molar-refractivity contribution is 6.31. The van der Waals surface area contributed by atoms with Gasteiger partial charge >= 0.3 is 0 Å². The van der Waals surface area contributed by atoms with Gasteiger partial charge in [0.05, 0.1) is 65.5 Å². The van der Waals surface area contributed by atoms with Gasteiger partial charge in [-0.05, 0) is 37.8 Å². The predicted molar refractivity (Wildman–Crippen MR) is 215 cm³/mol. The number of anilines is 2. The van der Waals surface area contributed by atoms with Crippen molar-refractivity contribution in [3.63, 3.8) is 0 Å². The van der Waals surface area contributed by atoms with Crippen molar-refractivity contribution in [1.29, 1.82) is 0 Å². The van der Waals surface area contributed by atoms with Gasteiger partial charge in [0.25, 0.3) is 0 Å². The molecule has 0 atom stereocenters. The number of nitrogens with one attached hydrogen (secondary N) is 2. The molecular formula is C44H74N4O2+2. The number of rotatable bonds is 28. The van der Waals surface area contributed by atoms with Crippen LogP contribution < -0.4 is 10.6 Å². The minimum absolute atomic E-state index is 0.0599. The van der Waals surface area contributed by atoms with Crippen LogP contribution in [0, 0.1) is 0 Å². The molecule has 1 aliphatic carbocycles. The van der Waals surface area contributed by atoms with Crippen LogP contribution in [-0.4, -0.2) is 88.0 Å². The SMILES string of the molecule is CCCCCCCCCC[N+](C)(C)CCCNc1ccc(NCCC[N+](C)(C)CCCCCCCCCC)c2c1C(=O)c1ccccc1C2=O. The van der Waals surface area contributed by atoms with Gasteiger partial charge in [-0.25, -0.2) is 0 Å². The second-order valence-electron chi connectivity index (χ2n) is 16.4. The summed E-state index contributed by atoms with van der Waals surface area (Å²) < 4.78 is 2.02. The van der Waals surface area contributed by atoms with E-state index in [1.807, 2.05) is 24.3 Å². The quantitative estimate of drug-likeness (QED) is 0.0588. The Balaban J connectivity index is 1.53. The molecule has 2 aromatic rings. The lowest BCUT2D eigenvalue weighted by Crippen LogP contribution is -2.41. The molecule has 1 aliphatic rings. The number of nitrogens with zero attached hydrogens (tertiary/aromatic N) is 2. The van der Waals surface area contributed by atoms with Gasteiger partial charge in [-0.15, -0.1) is 0 Å². The Hall–Kier alpha value is -2.70. The van der Waals surface area contributed by atoms with Crippen LogP contribution in [0.3, 0.4) is 0 Å². The summed E-state index contributed by atoms with van der Waals surface area (Å²) in [5, 5.41) is 7.14. The van der Waals surface area contributed by atoms with Crippen molar-refractivity contribution in [3.8, 4) is 0 Å². The third-order valence-corrected chi connectivity index (χ3v) is 10.8. The van der Waals surface area contributed by atoms with Crippen molar-refractivity contribution in [2.24, 2.45) is 0 Å². The van der Waals surface area contributed by atoms with Gasteiger partial charge in [0.15, 0.2) is 11.6 Å². The highest BCUT2D eigenvalue weighted by atomic mass is 16.1. The van der Waals surface area contributed by atoms with E-state index in [1.165, 1.54) is 116 Å². The number of unbranched alkanes of at least 4 members (excludes halogenated alkanes) is 14. The van der Waals surface area contributed by atoms with E-state index in [0.29, 0.717) is 22.3 Å². The number of quaternary nitrogens is 2. The van der Waals surface area contributed by atoms with Gasteiger partial charge in [-0.2, -0.15) is 0 Å². The Morgan fingerprint density at radius 2 is 0.760 bits per heavy atom. The van der Waals surface area contributed by atoms with Crippen molar-refractivity contribution in [2.45, 2.75) is 129 Å². The molecule has 2 N–H and O–H groups in total. The molecule has 0 amide bonds. The summed E-state index contributed by atoms with van der Waals surface area (Å²) >= 11 is 0. The average molecular weight is 691 g/mol. The van der Waals surface area contributed by atoms with E-state index < -0.39 is 0 Å². The normalized spacial score (nSPS) is 13.0. The van der Waals surface area contributed by atoms with Crippen LogP contribution in [0.25, 0.3) is 0 Å². The van der Waals surface area contributed by atoms with Crippen molar-refractivity contribution in [2.75, 3.05) is 78.1 Å². The van der Waals surface area contributed by atoms with Gasteiger partial charge in [-0.3, -0.25) is 9.59 Å². The van der Waals surface area contributed by atoms with Crippen LogP contribution in [0.2, 0.25) is 0 Å². The molecule has 0 fully saturated rings. The fourth-order valence-corrected chi connectivity index (χ4v) is 7.55. The second-order valence-corrected chi connectivity index (χ2v) is 16.4. The first-order chi connectivity index (χ1) is 24.1. The zero-order chi connectivity index (χ0) is 36.2. The summed E-state index contributed by atoms with van der Waals surface area (Å²) in [4.78, 5) is 27.8. The van der Waals surface area contributed by atoms with Crippen molar-refractivity contribution in [3.05, 3.63) is 58.7 Å². The number of carbonyl (C=O) groups excluding carboxylic acids is 2. The first kappa shape index (κ1) is 41.7. The van der Waals surface area contributed by atoms with Crippen LogP contribution in [0.15, 0.2) is 36.4 Å². The van der Waals surface area contributed by atoms with Crippen LogP contribution in [0.4, 0.5) is 11.4 Å². The van der Waals surface area contributed by atoms with Crippen LogP contribution >= 0.6 is 0 Å². The van der Waals surface area contributed by atoms with Crippen molar-refractivity contribution < 1.29 is 18.6 Å². The van der Waals surface area contributed by atoms with E-state index in [1.54, 1.807) is 12.1 Å². The number of hydrogen-bond donors (Lipinski definition) is 2. The van der Waals surface area contributed by atoms with Crippen molar-refractivity contribution in [1.82, 2.24) is 0 Å². The number of fused-ring (bicyclic) bond motifs is 2. The Morgan fingerprint density at radius 3 is 1.12 bits per heavy atom. The summed E-state index contributed by atoms with van der Waals surface area (Å²) in [6, 6.07) is 11.3. The maximum Gasteiger partial charge on any atom is 0.196 e. The summed E-state index contributed by atoms with van der Waals surface area (Å²) in [5.41, 5.74) is 3.61. The molecule has 0 aliphatic heterocycles.